The van der Waals surface area contributed by atoms with E-state index in [-0.39, 0.29) is 11.9 Å². The van der Waals surface area contributed by atoms with Crippen molar-refractivity contribution >= 4 is 11.6 Å². The number of primary amides is 1. The maximum absolute atomic E-state index is 12.0. The van der Waals surface area contributed by atoms with Crippen molar-refractivity contribution in [1.29, 1.82) is 0 Å². The topological polar surface area (TPSA) is 58.8 Å². The molecule has 126 valence electrons. The number of carbonyl (C=O) groups excluding carboxylic acids is 1. The van der Waals surface area contributed by atoms with Crippen LogP contribution in [0.25, 0.3) is 0 Å². The number of para-hydroxylation sites is 2. The van der Waals surface area contributed by atoms with E-state index in [0.29, 0.717) is 6.54 Å². The summed E-state index contributed by atoms with van der Waals surface area (Å²) < 4.78 is 5.45. The van der Waals surface area contributed by atoms with Crippen LogP contribution in [0.3, 0.4) is 0 Å². The van der Waals surface area contributed by atoms with E-state index in [9.17, 15) is 4.79 Å². The summed E-state index contributed by atoms with van der Waals surface area (Å²) in [6.45, 7) is 2.91. The van der Waals surface area contributed by atoms with Gasteiger partial charge in [-0.3, -0.25) is 9.69 Å². The molecule has 1 fully saturated rings. The minimum Gasteiger partial charge on any atom is -0.495 e. The number of anilines is 1. The molecule has 1 aliphatic heterocycles. The van der Waals surface area contributed by atoms with Crippen LogP contribution >= 0.6 is 0 Å². The van der Waals surface area contributed by atoms with Crippen LogP contribution in [-0.4, -0.2) is 43.6 Å². The maximum Gasteiger partial charge on any atom is 0.236 e. The SMILES string of the molecule is COc1ccccc1N1CCN(Cc2ccccc2)C(C(N)=O)C1. The van der Waals surface area contributed by atoms with Gasteiger partial charge in [0.25, 0.3) is 0 Å². The second kappa shape index (κ2) is 7.36. The molecule has 1 atom stereocenters. The van der Waals surface area contributed by atoms with Crippen LogP contribution in [0.1, 0.15) is 5.56 Å². The highest BCUT2D eigenvalue weighted by molar-refractivity contribution is 5.81. The number of hydrogen-bond acceptors (Lipinski definition) is 4. The fraction of sp³-hybridized carbons (Fsp3) is 0.316. The van der Waals surface area contributed by atoms with E-state index < -0.39 is 0 Å². The zero-order valence-corrected chi connectivity index (χ0v) is 13.9. The van der Waals surface area contributed by atoms with Crippen LogP contribution in [0, 0.1) is 0 Å². The van der Waals surface area contributed by atoms with Crippen molar-refractivity contribution in [3.63, 3.8) is 0 Å². The average molecular weight is 325 g/mol. The molecule has 1 heterocycles. The molecule has 1 saturated heterocycles. The van der Waals surface area contributed by atoms with Gasteiger partial charge >= 0.3 is 0 Å². The molecule has 0 aromatic heterocycles. The van der Waals surface area contributed by atoms with E-state index in [2.05, 4.69) is 21.9 Å². The number of nitrogens with zero attached hydrogens (tertiary/aromatic N) is 2. The molecule has 1 amide bonds. The highest BCUT2D eigenvalue weighted by atomic mass is 16.5. The van der Waals surface area contributed by atoms with Gasteiger partial charge < -0.3 is 15.4 Å². The summed E-state index contributed by atoms with van der Waals surface area (Å²) >= 11 is 0. The van der Waals surface area contributed by atoms with E-state index in [1.165, 1.54) is 5.56 Å². The van der Waals surface area contributed by atoms with E-state index in [0.717, 1.165) is 31.1 Å². The van der Waals surface area contributed by atoms with Gasteiger partial charge in [-0.2, -0.15) is 0 Å². The molecule has 5 nitrogen and oxygen atoms in total. The van der Waals surface area contributed by atoms with Crippen LogP contribution in [0.15, 0.2) is 54.6 Å². The molecule has 0 spiro atoms. The highest BCUT2D eigenvalue weighted by Gasteiger charge is 2.31. The molecule has 1 unspecified atom stereocenters. The first-order valence-electron chi connectivity index (χ1n) is 8.14. The van der Waals surface area contributed by atoms with Crippen LogP contribution in [-0.2, 0) is 11.3 Å². The zero-order chi connectivity index (χ0) is 16.9. The molecule has 1 aliphatic rings. The first-order chi connectivity index (χ1) is 11.7. The minimum absolute atomic E-state index is 0.287. The molecule has 2 N–H and O–H groups in total. The Labute approximate surface area is 142 Å². The molecule has 0 saturated carbocycles. The minimum atomic E-state index is -0.316. The summed E-state index contributed by atoms with van der Waals surface area (Å²) in [4.78, 5) is 16.3. The molecule has 0 radical (unpaired) electrons. The van der Waals surface area contributed by atoms with Gasteiger partial charge in [-0.1, -0.05) is 42.5 Å². The lowest BCUT2D eigenvalue weighted by Gasteiger charge is -2.41. The lowest BCUT2D eigenvalue weighted by Crippen LogP contribution is -2.57. The molecule has 5 heteroatoms. The molecule has 3 rings (SSSR count). The summed E-state index contributed by atoms with van der Waals surface area (Å²) in [5, 5.41) is 0. The van der Waals surface area contributed by atoms with Crippen molar-refractivity contribution in [3.8, 4) is 5.75 Å². The van der Waals surface area contributed by atoms with Crippen LogP contribution < -0.4 is 15.4 Å². The molecule has 0 bridgehead atoms. The summed E-state index contributed by atoms with van der Waals surface area (Å²) in [5.41, 5.74) is 7.88. The molecule has 2 aromatic carbocycles. The van der Waals surface area contributed by atoms with E-state index in [1.807, 2.05) is 42.5 Å². The first kappa shape index (κ1) is 16.3. The number of amides is 1. The highest BCUT2D eigenvalue weighted by Crippen LogP contribution is 2.29. The van der Waals surface area contributed by atoms with Gasteiger partial charge in [-0.05, 0) is 17.7 Å². The number of carbonyl (C=O) groups is 1. The number of nitrogens with two attached hydrogens (primary N) is 1. The molecule has 2 aromatic rings. The fourth-order valence-corrected chi connectivity index (χ4v) is 3.21. The van der Waals surface area contributed by atoms with Gasteiger partial charge in [0, 0.05) is 26.2 Å². The van der Waals surface area contributed by atoms with Crippen molar-refractivity contribution in [2.45, 2.75) is 12.6 Å². The Hall–Kier alpha value is -2.53. The van der Waals surface area contributed by atoms with Crippen LogP contribution in [0.4, 0.5) is 5.69 Å². The van der Waals surface area contributed by atoms with E-state index in [4.69, 9.17) is 10.5 Å². The monoisotopic (exact) mass is 325 g/mol. The number of benzene rings is 2. The van der Waals surface area contributed by atoms with Crippen molar-refractivity contribution in [2.75, 3.05) is 31.6 Å². The number of hydrogen-bond donors (Lipinski definition) is 1. The second-order valence-electron chi connectivity index (χ2n) is 5.99. The zero-order valence-electron chi connectivity index (χ0n) is 13.9. The van der Waals surface area contributed by atoms with Crippen molar-refractivity contribution in [3.05, 3.63) is 60.2 Å². The standard InChI is InChI=1S/C19H23N3O2/c1-24-18-10-6-5-9-16(18)22-12-11-21(17(14-22)19(20)23)13-15-7-3-2-4-8-15/h2-10,17H,11-14H2,1H3,(H2,20,23). The number of piperazine rings is 1. The maximum atomic E-state index is 12.0. The lowest BCUT2D eigenvalue weighted by atomic mass is 10.1. The van der Waals surface area contributed by atoms with Gasteiger partial charge in [-0.15, -0.1) is 0 Å². The Morgan fingerprint density at radius 1 is 1.12 bits per heavy atom. The van der Waals surface area contributed by atoms with Gasteiger partial charge in [0.2, 0.25) is 5.91 Å². The Morgan fingerprint density at radius 3 is 2.54 bits per heavy atom. The largest absolute Gasteiger partial charge is 0.495 e. The van der Waals surface area contributed by atoms with Crippen molar-refractivity contribution < 1.29 is 9.53 Å². The van der Waals surface area contributed by atoms with Crippen molar-refractivity contribution in [1.82, 2.24) is 4.90 Å². The fourth-order valence-electron chi connectivity index (χ4n) is 3.21. The second-order valence-corrected chi connectivity index (χ2v) is 5.99. The Kier molecular flexibility index (Phi) is 5.01. The van der Waals surface area contributed by atoms with Crippen LogP contribution in [0.5, 0.6) is 5.75 Å². The van der Waals surface area contributed by atoms with Gasteiger partial charge in [0.1, 0.15) is 11.8 Å². The summed E-state index contributed by atoms with van der Waals surface area (Å²) in [6, 6.07) is 17.7. The van der Waals surface area contributed by atoms with E-state index >= 15 is 0 Å². The normalized spacial score (nSPS) is 18.4. The number of ether oxygens (including phenoxy) is 1. The van der Waals surface area contributed by atoms with Crippen LogP contribution in [0.2, 0.25) is 0 Å². The molecular weight excluding hydrogens is 302 g/mol. The predicted octanol–water partition coefficient (Wildman–Crippen LogP) is 1.87. The molecule has 24 heavy (non-hydrogen) atoms. The number of rotatable bonds is 5. The summed E-state index contributed by atoms with van der Waals surface area (Å²) in [7, 11) is 1.66. The van der Waals surface area contributed by atoms with Gasteiger partial charge in [0.05, 0.1) is 12.8 Å². The lowest BCUT2D eigenvalue weighted by molar-refractivity contribution is -0.123. The summed E-state index contributed by atoms with van der Waals surface area (Å²) in [5.74, 6) is 0.530. The van der Waals surface area contributed by atoms with Gasteiger partial charge in [0.15, 0.2) is 0 Å². The third-order valence-electron chi connectivity index (χ3n) is 4.47. The van der Waals surface area contributed by atoms with Crippen molar-refractivity contribution in [2.24, 2.45) is 5.73 Å². The third-order valence-corrected chi connectivity index (χ3v) is 4.47. The quantitative estimate of drug-likeness (QED) is 0.912. The number of methoxy groups -OCH3 is 1. The Balaban J connectivity index is 1.77. The predicted molar refractivity (Wildman–Crippen MR) is 95.0 cm³/mol. The summed E-state index contributed by atoms with van der Waals surface area (Å²) in [6.07, 6.45) is 0. The van der Waals surface area contributed by atoms with Gasteiger partial charge in [-0.25, -0.2) is 0 Å². The third kappa shape index (κ3) is 3.51. The Morgan fingerprint density at radius 2 is 1.83 bits per heavy atom. The first-order valence-corrected chi connectivity index (χ1v) is 8.14. The Bertz CT molecular complexity index is 690. The molecular formula is C19H23N3O2. The van der Waals surface area contributed by atoms with E-state index in [1.54, 1.807) is 7.11 Å². The molecule has 0 aliphatic carbocycles. The smallest absolute Gasteiger partial charge is 0.236 e. The average Bonchev–Trinajstić information content (AvgIpc) is 2.62.